The lowest BCUT2D eigenvalue weighted by Crippen LogP contribution is -2.47. The number of carbonyl (C=O) groups is 1. The lowest BCUT2D eigenvalue weighted by molar-refractivity contribution is -0.118. The molecule has 160 valence electrons. The largest absolute Gasteiger partial charge is 0.357 e. The average molecular weight is 428 g/mol. The van der Waals surface area contributed by atoms with Crippen molar-refractivity contribution in [1.29, 1.82) is 0 Å². The number of rotatable bonds is 5. The Morgan fingerprint density at radius 3 is 2.37 bits per heavy atom. The van der Waals surface area contributed by atoms with Crippen molar-refractivity contribution >= 4 is 27.2 Å². The molecule has 7 heteroatoms. The molecule has 6 nitrogen and oxygen atoms in total. The molecule has 30 heavy (non-hydrogen) atoms. The molecule has 0 unspecified atom stereocenters. The van der Waals surface area contributed by atoms with Crippen LogP contribution in [-0.2, 0) is 14.6 Å². The highest BCUT2D eigenvalue weighted by Crippen LogP contribution is 2.42. The first-order valence-electron chi connectivity index (χ1n) is 10.7. The second-order valence-corrected chi connectivity index (χ2v) is 10.8. The molecule has 2 fully saturated rings. The van der Waals surface area contributed by atoms with E-state index in [9.17, 15) is 13.2 Å². The zero-order valence-electron chi connectivity index (χ0n) is 17.6. The van der Waals surface area contributed by atoms with Crippen molar-refractivity contribution in [2.24, 2.45) is 0 Å². The predicted molar refractivity (Wildman–Crippen MR) is 119 cm³/mol. The van der Waals surface area contributed by atoms with Crippen molar-refractivity contribution in [3.8, 4) is 0 Å². The number of benzene rings is 1. The first kappa shape index (κ1) is 20.8. The number of nitrogens with zero attached hydrogens (tertiary/aromatic N) is 2. The highest BCUT2D eigenvalue weighted by atomic mass is 32.2. The summed E-state index contributed by atoms with van der Waals surface area (Å²) < 4.78 is 26.0. The molecular weight excluding hydrogens is 398 g/mol. The smallest absolute Gasteiger partial charge is 0.246 e. The van der Waals surface area contributed by atoms with Gasteiger partial charge in [0.2, 0.25) is 5.91 Å². The van der Waals surface area contributed by atoms with Crippen LogP contribution >= 0.6 is 0 Å². The van der Waals surface area contributed by atoms with Gasteiger partial charge in [-0.3, -0.25) is 4.79 Å². The maximum Gasteiger partial charge on any atom is 0.246 e. The third-order valence-corrected chi connectivity index (χ3v) is 9.05. The van der Waals surface area contributed by atoms with Gasteiger partial charge in [0, 0.05) is 13.1 Å². The molecule has 2 heterocycles. The number of aryl methyl sites for hydroxylation is 2. The van der Waals surface area contributed by atoms with Crippen molar-refractivity contribution in [1.82, 2.24) is 4.98 Å². The van der Waals surface area contributed by atoms with E-state index < -0.39 is 20.5 Å². The van der Waals surface area contributed by atoms with Crippen LogP contribution in [0, 0.1) is 13.8 Å². The van der Waals surface area contributed by atoms with Crippen LogP contribution < -0.4 is 10.2 Å². The van der Waals surface area contributed by atoms with E-state index in [4.69, 9.17) is 0 Å². The topological polar surface area (TPSA) is 79.4 Å². The zero-order valence-corrected chi connectivity index (χ0v) is 18.5. The van der Waals surface area contributed by atoms with Crippen LogP contribution in [0.25, 0.3) is 0 Å². The van der Waals surface area contributed by atoms with E-state index in [0.717, 1.165) is 37.3 Å². The minimum atomic E-state index is -3.83. The fourth-order valence-electron chi connectivity index (χ4n) is 4.61. The van der Waals surface area contributed by atoms with Gasteiger partial charge in [-0.25, -0.2) is 13.4 Å². The van der Waals surface area contributed by atoms with E-state index in [1.54, 1.807) is 19.2 Å². The van der Waals surface area contributed by atoms with E-state index in [0.29, 0.717) is 24.1 Å². The highest BCUT2D eigenvalue weighted by molar-refractivity contribution is 7.93. The molecule has 1 aliphatic heterocycles. The molecule has 0 radical (unpaired) electrons. The zero-order chi connectivity index (χ0) is 21.4. The third kappa shape index (κ3) is 3.60. The lowest BCUT2D eigenvalue weighted by Gasteiger charge is -2.28. The van der Waals surface area contributed by atoms with Gasteiger partial charge < -0.3 is 10.2 Å². The SMILES string of the molecule is Cc1ccc(C)c(S(=O)(=O)C2(C(=O)Nc3ccc(N4CCCC4)nc3)CCCC2)c1. The second-order valence-electron chi connectivity index (χ2n) is 8.53. The maximum absolute atomic E-state index is 13.7. The Morgan fingerprint density at radius 2 is 1.73 bits per heavy atom. The Kier molecular flexibility index (Phi) is 5.57. The number of hydrogen-bond donors (Lipinski definition) is 1. The Bertz CT molecular complexity index is 1040. The van der Waals surface area contributed by atoms with Crippen molar-refractivity contribution in [2.75, 3.05) is 23.3 Å². The summed E-state index contributed by atoms with van der Waals surface area (Å²) >= 11 is 0. The van der Waals surface area contributed by atoms with Gasteiger partial charge in [-0.05, 0) is 68.9 Å². The van der Waals surface area contributed by atoms with Crippen LogP contribution in [0.5, 0.6) is 0 Å². The molecule has 0 atom stereocenters. The van der Waals surface area contributed by atoms with Crippen LogP contribution in [0.4, 0.5) is 11.5 Å². The van der Waals surface area contributed by atoms with Gasteiger partial charge >= 0.3 is 0 Å². The van der Waals surface area contributed by atoms with Gasteiger partial charge in [-0.1, -0.05) is 25.0 Å². The quantitative estimate of drug-likeness (QED) is 0.780. The Labute approximate surface area is 178 Å². The van der Waals surface area contributed by atoms with Crippen LogP contribution in [-0.4, -0.2) is 37.1 Å². The molecule has 2 aromatic rings. The first-order valence-corrected chi connectivity index (χ1v) is 12.2. The van der Waals surface area contributed by atoms with E-state index in [2.05, 4.69) is 15.2 Å². The van der Waals surface area contributed by atoms with Crippen molar-refractivity contribution in [3.63, 3.8) is 0 Å². The molecule has 2 aliphatic rings. The van der Waals surface area contributed by atoms with E-state index in [1.165, 1.54) is 12.8 Å². The maximum atomic E-state index is 13.7. The van der Waals surface area contributed by atoms with Gasteiger partial charge in [-0.15, -0.1) is 0 Å². The van der Waals surface area contributed by atoms with Crippen LogP contribution in [0.1, 0.15) is 49.7 Å². The number of anilines is 2. The normalized spacial score (nSPS) is 18.5. The van der Waals surface area contributed by atoms with E-state index in [1.807, 2.05) is 31.2 Å². The number of nitrogens with one attached hydrogen (secondary N) is 1. The number of carbonyl (C=O) groups excluding carboxylic acids is 1. The Morgan fingerprint density at radius 1 is 1.03 bits per heavy atom. The Balaban J connectivity index is 1.62. The molecule has 1 amide bonds. The minimum absolute atomic E-state index is 0.266. The summed E-state index contributed by atoms with van der Waals surface area (Å²) in [5.74, 6) is 0.445. The summed E-state index contributed by atoms with van der Waals surface area (Å²) in [4.78, 5) is 20.3. The fraction of sp³-hybridized carbons (Fsp3) is 0.478. The van der Waals surface area contributed by atoms with Gasteiger partial charge in [0.25, 0.3) is 0 Å². The van der Waals surface area contributed by atoms with Crippen molar-refractivity contribution in [2.45, 2.75) is 62.0 Å². The minimum Gasteiger partial charge on any atom is -0.357 e. The van der Waals surface area contributed by atoms with E-state index in [-0.39, 0.29) is 4.90 Å². The van der Waals surface area contributed by atoms with Gasteiger partial charge in [-0.2, -0.15) is 0 Å². The molecule has 4 rings (SSSR count). The molecule has 1 aromatic carbocycles. The summed E-state index contributed by atoms with van der Waals surface area (Å²) in [6.07, 6.45) is 6.09. The average Bonchev–Trinajstić information content (AvgIpc) is 3.43. The van der Waals surface area contributed by atoms with Crippen molar-refractivity contribution < 1.29 is 13.2 Å². The lowest BCUT2D eigenvalue weighted by atomic mass is 10.1. The third-order valence-electron chi connectivity index (χ3n) is 6.41. The fourth-order valence-corrected chi connectivity index (χ4v) is 6.98. The molecular formula is C23H29N3O3S. The summed E-state index contributed by atoms with van der Waals surface area (Å²) in [6.45, 7) is 5.65. The second kappa shape index (κ2) is 8.02. The summed E-state index contributed by atoms with van der Waals surface area (Å²) in [5.41, 5.74) is 2.08. The van der Waals surface area contributed by atoms with Gasteiger partial charge in [0.05, 0.1) is 16.8 Å². The number of amides is 1. The molecule has 0 spiro atoms. The summed E-state index contributed by atoms with van der Waals surface area (Å²) in [6, 6.07) is 9.09. The first-order chi connectivity index (χ1) is 14.3. The van der Waals surface area contributed by atoms with Crippen LogP contribution in [0.3, 0.4) is 0 Å². The van der Waals surface area contributed by atoms with Gasteiger partial charge in [0.1, 0.15) is 5.82 Å². The molecule has 1 aliphatic carbocycles. The van der Waals surface area contributed by atoms with Crippen LogP contribution in [0.15, 0.2) is 41.4 Å². The van der Waals surface area contributed by atoms with Crippen LogP contribution in [0.2, 0.25) is 0 Å². The number of aromatic nitrogens is 1. The summed E-state index contributed by atoms with van der Waals surface area (Å²) in [5, 5.41) is 2.85. The van der Waals surface area contributed by atoms with Crippen molar-refractivity contribution in [3.05, 3.63) is 47.7 Å². The Hall–Kier alpha value is -2.41. The summed E-state index contributed by atoms with van der Waals surface area (Å²) in [7, 11) is -3.83. The number of sulfone groups is 1. The number of pyridine rings is 1. The molecule has 1 saturated heterocycles. The monoisotopic (exact) mass is 427 g/mol. The van der Waals surface area contributed by atoms with E-state index >= 15 is 0 Å². The molecule has 1 saturated carbocycles. The standard InChI is InChI=1S/C23H29N3O3S/c1-17-7-8-18(2)20(15-17)30(28,29)23(11-3-4-12-23)22(27)25-19-9-10-21(24-16-19)26-13-5-6-14-26/h7-10,15-16H,3-6,11-14H2,1-2H3,(H,25,27). The molecule has 1 N–H and O–H groups in total. The molecule has 0 bridgehead atoms. The number of hydrogen-bond acceptors (Lipinski definition) is 5. The highest BCUT2D eigenvalue weighted by Gasteiger charge is 2.53. The van der Waals surface area contributed by atoms with Gasteiger partial charge in [0.15, 0.2) is 14.6 Å². The predicted octanol–water partition coefficient (Wildman–Crippen LogP) is 4.02. The molecule has 1 aromatic heterocycles.